The highest BCUT2D eigenvalue weighted by Crippen LogP contribution is 2.15. The van der Waals surface area contributed by atoms with Crippen LogP contribution < -0.4 is 0 Å². The minimum atomic E-state index is 1.11. The molecule has 0 N–H and O–H groups in total. The number of rotatable bonds is 0. The minimum Gasteiger partial charge on any atom is -0.256 e. The van der Waals surface area contributed by atoms with E-state index in [1.165, 1.54) is 22.9 Å². The molecule has 0 spiro atoms. The highest BCUT2D eigenvalue weighted by Gasteiger charge is 1.96. The number of fused-ring (bicyclic) bond motifs is 1. The number of aryl methyl sites for hydroxylation is 2. The molecule has 1 nitrogen and oxygen atoms in total. The lowest BCUT2D eigenvalue weighted by molar-refractivity contribution is 1.09. The van der Waals surface area contributed by atoms with Gasteiger partial charge in [-0.05, 0) is 31.0 Å². The molecular weight excluding hydrogens is 182 g/mol. The van der Waals surface area contributed by atoms with E-state index in [0.29, 0.717) is 0 Å². The molecule has 0 aliphatic rings. The largest absolute Gasteiger partial charge is 0.256 e. The van der Waals surface area contributed by atoms with E-state index in [-0.39, 0.29) is 0 Å². The van der Waals surface area contributed by atoms with Gasteiger partial charge in [-0.15, -0.1) is 0 Å². The Morgan fingerprint density at radius 3 is 2.47 bits per heavy atom. The molecule has 0 unspecified atom stereocenters. The molecule has 80 valence electrons. The van der Waals surface area contributed by atoms with Gasteiger partial charge in [-0.1, -0.05) is 38.5 Å². The third-order valence-corrected chi connectivity index (χ3v) is 2.05. The van der Waals surface area contributed by atoms with Gasteiger partial charge in [0.2, 0.25) is 0 Å². The predicted molar refractivity (Wildman–Crippen MR) is 67.2 cm³/mol. The topological polar surface area (TPSA) is 12.9 Å². The molecule has 0 atom stereocenters. The molecule has 2 aromatic rings. The van der Waals surface area contributed by atoms with Crippen molar-refractivity contribution in [2.75, 3.05) is 0 Å². The van der Waals surface area contributed by atoms with Crippen LogP contribution in [-0.2, 0) is 0 Å². The van der Waals surface area contributed by atoms with E-state index in [0.717, 1.165) is 5.52 Å². The number of nitrogens with zero attached hydrogens (tertiary/aromatic N) is 1. The third kappa shape index (κ3) is 3.05. The summed E-state index contributed by atoms with van der Waals surface area (Å²) in [6.45, 7) is 8.40. The van der Waals surface area contributed by atoms with Crippen molar-refractivity contribution < 1.29 is 0 Å². The molecule has 0 aliphatic carbocycles. The molecule has 0 fully saturated rings. The summed E-state index contributed by atoms with van der Waals surface area (Å²) >= 11 is 0. The van der Waals surface area contributed by atoms with E-state index in [2.05, 4.69) is 56.9 Å². The van der Waals surface area contributed by atoms with E-state index in [1.807, 2.05) is 6.20 Å². The molecule has 1 heteroatoms. The minimum absolute atomic E-state index is 1.11. The summed E-state index contributed by atoms with van der Waals surface area (Å²) in [5, 5.41) is 1.23. The normalized spacial score (nSPS) is 9.60. The number of hydrogen-bond donors (Lipinski definition) is 0. The van der Waals surface area contributed by atoms with Gasteiger partial charge in [-0.25, -0.2) is 0 Å². The first-order valence-corrected chi connectivity index (χ1v) is 5.51. The highest BCUT2D eigenvalue weighted by molar-refractivity contribution is 5.81. The van der Waals surface area contributed by atoms with Gasteiger partial charge in [-0.2, -0.15) is 0 Å². The second-order valence-corrected chi connectivity index (χ2v) is 3.87. The highest BCUT2D eigenvalue weighted by atomic mass is 14.7. The molecule has 0 saturated heterocycles. The van der Waals surface area contributed by atoms with Gasteiger partial charge < -0.3 is 0 Å². The summed E-state index contributed by atoms with van der Waals surface area (Å²) in [7, 11) is 0. The lowest BCUT2D eigenvalue weighted by Crippen LogP contribution is -1.83. The zero-order chi connectivity index (χ0) is 11.3. The molecule has 15 heavy (non-hydrogen) atoms. The van der Waals surface area contributed by atoms with E-state index in [4.69, 9.17) is 0 Å². The Hall–Kier alpha value is -1.37. The summed E-state index contributed by atoms with van der Waals surface area (Å²) in [6, 6.07) is 8.42. The van der Waals surface area contributed by atoms with Gasteiger partial charge in [0.25, 0.3) is 0 Å². The summed E-state index contributed by atoms with van der Waals surface area (Å²) in [4.78, 5) is 4.38. The van der Waals surface area contributed by atoms with Crippen molar-refractivity contribution in [1.82, 2.24) is 4.98 Å². The van der Waals surface area contributed by atoms with Crippen LogP contribution in [0.1, 0.15) is 31.4 Å². The van der Waals surface area contributed by atoms with Crippen molar-refractivity contribution in [2.24, 2.45) is 0 Å². The van der Waals surface area contributed by atoms with Crippen LogP contribution in [0.5, 0.6) is 0 Å². The van der Waals surface area contributed by atoms with Crippen LogP contribution in [0, 0.1) is 13.8 Å². The number of hydrogen-bond acceptors (Lipinski definition) is 1. The van der Waals surface area contributed by atoms with Crippen LogP contribution in [0.15, 0.2) is 30.5 Å². The zero-order valence-corrected chi connectivity index (χ0v) is 10.0. The standard InChI is InChI=1S/C11H11N.C3H8/c1-8-6-10-5-3-4-9(2)11(10)12-7-8;1-3-2/h3-7H,1-2H3;3H2,1-2H3. The third-order valence-electron chi connectivity index (χ3n) is 2.05. The molecule has 0 bridgehead atoms. The quantitative estimate of drug-likeness (QED) is 0.620. The van der Waals surface area contributed by atoms with E-state index in [9.17, 15) is 0 Å². The summed E-state index contributed by atoms with van der Waals surface area (Å²) < 4.78 is 0. The number of pyridine rings is 1. The average molecular weight is 201 g/mol. The number of benzene rings is 1. The van der Waals surface area contributed by atoms with E-state index < -0.39 is 0 Å². The molecule has 0 saturated carbocycles. The maximum absolute atomic E-state index is 4.38. The van der Waals surface area contributed by atoms with Crippen LogP contribution >= 0.6 is 0 Å². The maximum atomic E-state index is 4.38. The van der Waals surface area contributed by atoms with Crippen LogP contribution in [-0.4, -0.2) is 4.98 Å². The van der Waals surface area contributed by atoms with Gasteiger partial charge in [0.05, 0.1) is 5.52 Å². The molecule has 0 radical (unpaired) electrons. The fourth-order valence-corrected chi connectivity index (χ4v) is 1.42. The first-order chi connectivity index (χ1) is 7.19. The van der Waals surface area contributed by atoms with Gasteiger partial charge in [-0.3, -0.25) is 4.98 Å². The van der Waals surface area contributed by atoms with Crippen molar-refractivity contribution in [3.63, 3.8) is 0 Å². The van der Waals surface area contributed by atoms with Crippen LogP contribution in [0.2, 0.25) is 0 Å². The zero-order valence-electron chi connectivity index (χ0n) is 10.0. The van der Waals surface area contributed by atoms with Crippen molar-refractivity contribution in [3.8, 4) is 0 Å². The molecule has 1 heterocycles. The summed E-state index contributed by atoms with van der Waals surface area (Å²) in [5.74, 6) is 0. The van der Waals surface area contributed by atoms with Crippen molar-refractivity contribution in [3.05, 3.63) is 41.6 Å². The molecule has 1 aromatic carbocycles. The SMILES string of the molecule is CCC.Cc1cnc2c(C)cccc2c1. The summed E-state index contributed by atoms with van der Waals surface area (Å²) in [6.07, 6.45) is 3.16. The summed E-state index contributed by atoms with van der Waals surface area (Å²) in [5.41, 5.74) is 3.57. The predicted octanol–water partition coefficient (Wildman–Crippen LogP) is 4.27. The average Bonchev–Trinajstić information content (AvgIpc) is 2.19. The Labute approximate surface area is 92.2 Å². The Kier molecular flexibility index (Phi) is 4.29. The van der Waals surface area contributed by atoms with Crippen molar-refractivity contribution >= 4 is 10.9 Å². The second kappa shape index (κ2) is 5.50. The first kappa shape index (κ1) is 11.7. The fraction of sp³-hybridized carbons (Fsp3) is 0.357. The Morgan fingerprint density at radius 2 is 1.80 bits per heavy atom. The van der Waals surface area contributed by atoms with E-state index in [1.54, 1.807) is 0 Å². The molecule has 0 amide bonds. The monoisotopic (exact) mass is 201 g/mol. The maximum Gasteiger partial charge on any atom is 0.0731 e. The van der Waals surface area contributed by atoms with Gasteiger partial charge >= 0.3 is 0 Å². The van der Waals surface area contributed by atoms with Crippen molar-refractivity contribution in [1.29, 1.82) is 0 Å². The van der Waals surface area contributed by atoms with Crippen molar-refractivity contribution in [2.45, 2.75) is 34.1 Å². The second-order valence-electron chi connectivity index (χ2n) is 3.87. The number of para-hydroxylation sites is 1. The van der Waals surface area contributed by atoms with Gasteiger partial charge in [0.15, 0.2) is 0 Å². The van der Waals surface area contributed by atoms with Crippen LogP contribution in [0.3, 0.4) is 0 Å². The Balaban J connectivity index is 0.000000337. The van der Waals surface area contributed by atoms with Crippen LogP contribution in [0.4, 0.5) is 0 Å². The Morgan fingerprint density at radius 1 is 1.13 bits per heavy atom. The first-order valence-electron chi connectivity index (χ1n) is 5.51. The fourth-order valence-electron chi connectivity index (χ4n) is 1.42. The van der Waals surface area contributed by atoms with Crippen LogP contribution in [0.25, 0.3) is 10.9 Å². The molecular formula is C14H19N. The number of aromatic nitrogens is 1. The van der Waals surface area contributed by atoms with Gasteiger partial charge in [0.1, 0.15) is 0 Å². The Bertz CT molecular complexity index is 432. The molecule has 1 aromatic heterocycles. The molecule has 2 rings (SSSR count). The lowest BCUT2D eigenvalue weighted by atomic mass is 10.1. The smallest absolute Gasteiger partial charge is 0.0731 e. The lowest BCUT2D eigenvalue weighted by Gasteiger charge is -2.00. The van der Waals surface area contributed by atoms with E-state index >= 15 is 0 Å². The molecule has 0 aliphatic heterocycles. The van der Waals surface area contributed by atoms with Gasteiger partial charge in [0, 0.05) is 11.6 Å².